The van der Waals surface area contributed by atoms with Gasteiger partial charge in [-0.05, 0) is 37.3 Å². The van der Waals surface area contributed by atoms with Crippen molar-refractivity contribution < 1.29 is 4.79 Å². The standard InChI is InChI=1S/C18H26N2O/c1-13-7-8-16(14(2)11-13)18-19-12-17(21)20(18)10-9-15-5-3-4-6-15/h7-8,11,15,18-19H,3-6,9-10,12H2,1-2H3. The summed E-state index contributed by atoms with van der Waals surface area (Å²) in [7, 11) is 0. The third kappa shape index (κ3) is 3.13. The van der Waals surface area contributed by atoms with Crippen LogP contribution >= 0.6 is 0 Å². The molecule has 2 aliphatic rings. The number of aryl methyl sites for hydroxylation is 2. The normalized spacial score (nSPS) is 23.2. The van der Waals surface area contributed by atoms with Gasteiger partial charge < -0.3 is 4.90 Å². The number of hydrogen-bond donors (Lipinski definition) is 1. The van der Waals surface area contributed by atoms with E-state index in [4.69, 9.17) is 0 Å². The van der Waals surface area contributed by atoms with Gasteiger partial charge in [0.2, 0.25) is 5.91 Å². The first kappa shape index (κ1) is 14.6. The van der Waals surface area contributed by atoms with Gasteiger partial charge in [0, 0.05) is 6.54 Å². The molecule has 1 aliphatic carbocycles. The molecule has 114 valence electrons. The molecule has 1 heterocycles. The lowest BCUT2D eigenvalue weighted by Gasteiger charge is -2.27. The van der Waals surface area contributed by atoms with E-state index in [1.807, 2.05) is 0 Å². The zero-order valence-electron chi connectivity index (χ0n) is 13.2. The predicted molar refractivity (Wildman–Crippen MR) is 84.9 cm³/mol. The molecule has 1 N–H and O–H groups in total. The van der Waals surface area contributed by atoms with Gasteiger partial charge in [-0.25, -0.2) is 0 Å². The Kier molecular flexibility index (Phi) is 4.29. The fraction of sp³-hybridized carbons (Fsp3) is 0.611. The van der Waals surface area contributed by atoms with Crippen LogP contribution in [0, 0.1) is 19.8 Å². The van der Waals surface area contributed by atoms with Gasteiger partial charge in [0.05, 0.1) is 6.54 Å². The number of benzene rings is 1. The molecular formula is C18H26N2O. The molecular weight excluding hydrogens is 260 g/mol. The monoisotopic (exact) mass is 286 g/mol. The van der Waals surface area contributed by atoms with Gasteiger partial charge in [-0.2, -0.15) is 0 Å². The summed E-state index contributed by atoms with van der Waals surface area (Å²) in [6.07, 6.45) is 6.68. The van der Waals surface area contributed by atoms with Crippen LogP contribution in [0.4, 0.5) is 0 Å². The van der Waals surface area contributed by atoms with Crippen molar-refractivity contribution in [1.29, 1.82) is 0 Å². The Bertz CT molecular complexity index is 520. The van der Waals surface area contributed by atoms with Gasteiger partial charge in [0.25, 0.3) is 0 Å². The molecule has 1 saturated heterocycles. The van der Waals surface area contributed by atoms with Gasteiger partial charge in [-0.3, -0.25) is 10.1 Å². The average Bonchev–Trinajstić information content (AvgIpc) is 3.07. The Morgan fingerprint density at radius 3 is 2.71 bits per heavy atom. The highest BCUT2D eigenvalue weighted by Crippen LogP contribution is 2.30. The zero-order chi connectivity index (χ0) is 14.8. The second-order valence-corrected chi connectivity index (χ2v) is 6.67. The fourth-order valence-corrected chi connectivity index (χ4v) is 3.82. The summed E-state index contributed by atoms with van der Waals surface area (Å²) in [5.74, 6) is 1.08. The van der Waals surface area contributed by atoms with Crippen molar-refractivity contribution in [2.75, 3.05) is 13.1 Å². The highest BCUT2D eigenvalue weighted by molar-refractivity contribution is 5.81. The van der Waals surface area contributed by atoms with Crippen molar-refractivity contribution >= 4 is 5.91 Å². The van der Waals surface area contributed by atoms with Crippen LogP contribution in [0.3, 0.4) is 0 Å². The number of carbonyl (C=O) groups is 1. The number of rotatable bonds is 4. The second kappa shape index (κ2) is 6.18. The SMILES string of the molecule is Cc1ccc(C2NCC(=O)N2CCC2CCCC2)c(C)c1. The van der Waals surface area contributed by atoms with Crippen molar-refractivity contribution in [3.63, 3.8) is 0 Å². The first-order valence-electron chi connectivity index (χ1n) is 8.25. The number of hydrogen-bond acceptors (Lipinski definition) is 2. The van der Waals surface area contributed by atoms with E-state index in [2.05, 4.69) is 42.3 Å². The van der Waals surface area contributed by atoms with Crippen molar-refractivity contribution in [2.24, 2.45) is 5.92 Å². The van der Waals surface area contributed by atoms with Crippen LogP contribution in [-0.4, -0.2) is 23.9 Å². The van der Waals surface area contributed by atoms with Gasteiger partial charge in [-0.1, -0.05) is 49.4 Å². The Morgan fingerprint density at radius 1 is 1.24 bits per heavy atom. The largest absolute Gasteiger partial charge is 0.322 e. The van der Waals surface area contributed by atoms with Crippen LogP contribution in [0.15, 0.2) is 18.2 Å². The van der Waals surface area contributed by atoms with E-state index in [0.29, 0.717) is 6.54 Å². The van der Waals surface area contributed by atoms with Crippen molar-refractivity contribution in [1.82, 2.24) is 10.2 Å². The molecule has 1 unspecified atom stereocenters. The smallest absolute Gasteiger partial charge is 0.238 e. The van der Waals surface area contributed by atoms with Crippen LogP contribution in [0.2, 0.25) is 0 Å². The number of amides is 1. The summed E-state index contributed by atoms with van der Waals surface area (Å²) in [5.41, 5.74) is 3.80. The molecule has 21 heavy (non-hydrogen) atoms. The molecule has 1 amide bonds. The lowest BCUT2D eigenvalue weighted by molar-refractivity contribution is -0.128. The Morgan fingerprint density at radius 2 is 2.00 bits per heavy atom. The van der Waals surface area contributed by atoms with Crippen molar-refractivity contribution in [3.05, 3.63) is 34.9 Å². The van der Waals surface area contributed by atoms with E-state index >= 15 is 0 Å². The molecule has 1 aliphatic heterocycles. The highest BCUT2D eigenvalue weighted by atomic mass is 16.2. The number of nitrogens with one attached hydrogen (secondary N) is 1. The first-order valence-corrected chi connectivity index (χ1v) is 8.25. The van der Waals surface area contributed by atoms with Crippen LogP contribution in [-0.2, 0) is 4.79 Å². The van der Waals surface area contributed by atoms with E-state index in [0.717, 1.165) is 18.9 Å². The highest BCUT2D eigenvalue weighted by Gasteiger charge is 2.32. The van der Waals surface area contributed by atoms with E-state index < -0.39 is 0 Å². The maximum atomic E-state index is 12.2. The molecule has 3 rings (SSSR count). The second-order valence-electron chi connectivity index (χ2n) is 6.67. The molecule has 2 fully saturated rings. The Hall–Kier alpha value is -1.35. The van der Waals surface area contributed by atoms with Gasteiger partial charge in [-0.15, -0.1) is 0 Å². The van der Waals surface area contributed by atoms with E-state index in [-0.39, 0.29) is 12.1 Å². The first-order chi connectivity index (χ1) is 10.1. The molecule has 3 heteroatoms. The molecule has 1 atom stereocenters. The summed E-state index contributed by atoms with van der Waals surface area (Å²) >= 11 is 0. The predicted octanol–water partition coefficient (Wildman–Crippen LogP) is 3.31. The minimum Gasteiger partial charge on any atom is -0.322 e. The Labute approximate surface area is 127 Å². The van der Waals surface area contributed by atoms with Gasteiger partial charge >= 0.3 is 0 Å². The van der Waals surface area contributed by atoms with E-state index in [1.165, 1.54) is 42.4 Å². The molecule has 1 saturated carbocycles. The lowest BCUT2D eigenvalue weighted by Crippen LogP contribution is -2.32. The lowest BCUT2D eigenvalue weighted by atomic mass is 10.0. The molecule has 0 spiro atoms. The third-order valence-corrected chi connectivity index (χ3v) is 5.05. The average molecular weight is 286 g/mol. The third-order valence-electron chi connectivity index (χ3n) is 5.05. The number of nitrogens with zero attached hydrogens (tertiary/aromatic N) is 1. The van der Waals surface area contributed by atoms with Crippen LogP contribution in [0.5, 0.6) is 0 Å². The topological polar surface area (TPSA) is 32.3 Å². The molecule has 1 aromatic carbocycles. The Balaban J connectivity index is 1.72. The maximum Gasteiger partial charge on any atom is 0.238 e. The summed E-state index contributed by atoms with van der Waals surface area (Å²) in [4.78, 5) is 14.3. The van der Waals surface area contributed by atoms with Crippen LogP contribution in [0.1, 0.15) is 55.0 Å². The van der Waals surface area contributed by atoms with Gasteiger partial charge in [0.1, 0.15) is 6.17 Å². The molecule has 1 aromatic rings. The molecule has 0 aromatic heterocycles. The summed E-state index contributed by atoms with van der Waals surface area (Å²) in [6.45, 7) is 5.63. The quantitative estimate of drug-likeness (QED) is 0.921. The number of carbonyl (C=O) groups excluding carboxylic acids is 1. The minimum absolute atomic E-state index is 0.0690. The van der Waals surface area contributed by atoms with E-state index in [9.17, 15) is 4.79 Å². The van der Waals surface area contributed by atoms with Crippen molar-refractivity contribution in [3.8, 4) is 0 Å². The summed E-state index contributed by atoms with van der Waals surface area (Å²) in [6, 6.07) is 6.51. The molecule has 0 radical (unpaired) electrons. The van der Waals surface area contributed by atoms with Gasteiger partial charge in [0.15, 0.2) is 0 Å². The maximum absolute atomic E-state index is 12.2. The zero-order valence-corrected chi connectivity index (χ0v) is 13.2. The minimum atomic E-state index is 0.0690. The van der Waals surface area contributed by atoms with Crippen LogP contribution in [0.25, 0.3) is 0 Å². The summed E-state index contributed by atoms with van der Waals surface area (Å²) in [5, 5.41) is 3.38. The molecule has 3 nitrogen and oxygen atoms in total. The van der Waals surface area contributed by atoms with Crippen LogP contribution < -0.4 is 5.32 Å². The fourth-order valence-electron chi connectivity index (χ4n) is 3.82. The summed E-state index contributed by atoms with van der Waals surface area (Å²) < 4.78 is 0. The molecule has 0 bridgehead atoms. The van der Waals surface area contributed by atoms with Crippen molar-refractivity contribution in [2.45, 2.75) is 52.1 Å². The van der Waals surface area contributed by atoms with E-state index in [1.54, 1.807) is 0 Å².